The van der Waals surface area contributed by atoms with E-state index in [1.165, 1.54) is 4.68 Å². The molecular weight excluding hydrogens is 446 g/mol. The number of carbonyl (C=O) groups is 1. The number of hydrogen-bond donors (Lipinski definition) is 1. The minimum absolute atomic E-state index is 0.188. The van der Waals surface area contributed by atoms with Crippen LogP contribution in [-0.2, 0) is 16.6 Å². The molecule has 1 N–H and O–H groups in total. The number of aryl methyl sites for hydroxylation is 2. The Morgan fingerprint density at radius 1 is 1.18 bits per heavy atom. The third kappa shape index (κ3) is 6.15. The molecule has 11 heteroatoms. The fourth-order valence-electron chi connectivity index (χ4n) is 2.85. The van der Waals surface area contributed by atoms with E-state index in [-0.39, 0.29) is 5.56 Å². The van der Waals surface area contributed by atoms with Gasteiger partial charge in [0.2, 0.25) is 6.41 Å². The number of amides is 1. The van der Waals surface area contributed by atoms with Gasteiger partial charge in [-0.1, -0.05) is 23.7 Å². The van der Waals surface area contributed by atoms with Gasteiger partial charge in [-0.15, -0.1) is 5.10 Å². The summed E-state index contributed by atoms with van der Waals surface area (Å²) in [4.78, 5) is 22.0. The molecule has 1 aromatic carbocycles. The molecule has 0 aliphatic heterocycles. The highest BCUT2D eigenvalue weighted by Crippen LogP contribution is 2.20. The molecule has 0 spiro atoms. The minimum atomic E-state index is -0.188. The Balaban J connectivity index is 0.000000383. The number of halogens is 1. The summed E-state index contributed by atoms with van der Waals surface area (Å²) in [5, 5.41) is 16.2. The Hall–Kier alpha value is -3.76. The van der Waals surface area contributed by atoms with Crippen LogP contribution in [0, 0.1) is 6.92 Å². The van der Waals surface area contributed by atoms with E-state index < -0.39 is 0 Å². The van der Waals surface area contributed by atoms with Crippen molar-refractivity contribution >= 4 is 18.0 Å². The summed E-state index contributed by atoms with van der Waals surface area (Å²) < 4.78 is 9.22. The Labute approximate surface area is 195 Å². The molecule has 0 bridgehead atoms. The second-order valence-corrected chi connectivity index (χ2v) is 7.43. The van der Waals surface area contributed by atoms with Gasteiger partial charge in [0.15, 0.2) is 5.82 Å². The molecule has 1 amide bonds. The van der Waals surface area contributed by atoms with Crippen LogP contribution in [0.3, 0.4) is 0 Å². The summed E-state index contributed by atoms with van der Waals surface area (Å²) >= 11 is 5.94. The summed E-state index contributed by atoms with van der Waals surface area (Å²) in [6.07, 6.45) is 5.79. The fraction of sp³-hybridized carbons (Fsp3) is 0.227. The first kappa shape index (κ1) is 23.9. The molecule has 10 nitrogen and oxygen atoms in total. The van der Waals surface area contributed by atoms with Gasteiger partial charge >= 0.3 is 0 Å². The van der Waals surface area contributed by atoms with E-state index in [1.54, 1.807) is 48.9 Å². The molecule has 0 aliphatic rings. The van der Waals surface area contributed by atoms with E-state index in [4.69, 9.17) is 11.6 Å². The first-order chi connectivity index (χ1) is 15.9. The zero-order valence-electron chi connectivity index (χ0n) is 18.5. The van der Waals surface area contributed by atoms with Gasteiger partial charge in [-0.3, -0.25) is 14.3 Å². The highest BCUT2D eigenvalue weighted by Gasteiger charge is 2.11. The Bertz CT molecular complexity index is 1260. The van der Waals surface area contributed by atoms with Gasteiger partial charge < -0.3 is 10.1 Å². The number of carbonyl (C=O) groups excluding carboxylic acids is 1. The molecule has 3 aromatic heterocycles. The standard InChI is InChI=1S/C18H15ClN6O.C4H9NO2/c1-12-9-17(22-25(18(12)26)15-10-20-23(2)11-15)24-8-7-16(21-24)13-3-5-14(19)6-4-13;1-7-3-2-5-4-6/h3-11H,1-2H3;4H,2-3H2,1H3,(H,5,6). The lowest BCUT2D eigenvalue weighted by Crippen LogP contribution is -2.24. The number of nitrogens with zero attached hydrogens (tertiary/aromatic N) is 6. The molecule has 0 unspecified atom stereocenters. The van der Waals surface area contributed by atoms with Crippen LogP contribution in [0.25, 0.3) is 22.8 Å². The van der Waals surface area contributed by atoms with Gasteiger partial charge in [-0.2, -0.15) is 14.9 Å². The summed E-state index contributed by atoms with van der Waals surface area (Å²) in [5.41, 5.74) is 2.73. The van der Waals surface area contributed by atoms with Crippen molar-refractivity contribution in [3.05, 3.63) is 75.9 Å². The lowest BCUT2D eigenvalue weighted by atomic mass is 10.2. The predicted molar refractivity (Wildman–Crippen MR) is 125 cm³/mol. The Morgan fingerprint density at radius 2 is 1.94 bits per heavy atom. The SMILES string of the molecule is COCCNC=O.Cc1cc(-n2ccc(-c3ccc(Cl)cc3)n2)nn(-c2cnn(C)c2)c1=O. The van der Waals surface area contributed by atoms with Gasteiger partial charge in [0.25, 0.3) is 5.56 Å². The molecule has 33 heavy (non-hydrogen) atoms. The minimum Gasteiger partial charge on any atom is -0.383 e. The normalized spacial score (nSPS) is 10.4. The topological polar surface area (TPSA) is 109 Å². The van der Waals surface area contributed by atoms with Crippen LogP contribution < -0.4 is 10.9 Å². The number of rotatable bonds is 7. The highest BCUT2D eigenvalue weighted by molar-refractivity contribution is 6.30. The van der Waals surface area contributed by atoms with Gasteiger partial charge in [-0.05, 0) is 31.2 Å². The quantitative estimate of drug-likeness (QED) is 0.328. The number of aromatic nitrogens is 6. The highest BCUT2D eigenvalue weighted by atomic mass is 35.5. The molecular formula is C22H24ClN7O3. The molecule has 3 heterocycles. The lowest BCUT2D eigenvalue weighted by molar-refractivity contribution is -0.109. The number of benzene rings is 1. The first-order valence-electron chi connectivity index (χ1n) is 10.0. The van der Waals surface area contributed by atoms with Crippen molar-refractivity contribution in [3.63, 3.8) is 0 Å². The molecule has 0 radical (unpaired) electrons. The largest absolute Gasteiger partial charge is 0.383 e. The van der Waals surface area contributed by atoms with E-state index in [0.29, 0.717) is 41.7 Å². The van der Waals surface area contributed by atoms with Gasteiger partial charge in [0.1, 0.15) is 5.69 Å². The van der Waals surface area contributed by atoms with Crippen molar-refractivity contribution in [3.8, 4) is 22.8 Å². The van der Waals surface area contributed by atoms with Crippen LogP contribution in [0.15, 0.2) is 59.8 Å². The van der Waals surface area contributed by atoms with Crippen LogP contribution in [0.2, 0.25) is 5.02 Å². The van der Waals surface area contributed by atoms with Crippen molar-refractivity contribution in [2.24, 2.45) is 7.05 Å². The molecule has 0 aliphatic carbocycles. The smallest absolute Gasteiger partial charge is 0.274 e. The third-order valence-electron chi connectivity index (χ3n) is 4.51. The number of nitrogens with one attached hydrogen (secondary N) is 1. The molecule has 0 fully saturated rings. The molecule has 0 saturated heterocycles. The molecule has 0 atom stereocenters. The Morgan fingerprint density at radius 3 is 2.58 bits per heavy atom. The van der Waals surface area contributed by atoms with Crippen LogP contribution in [-0.4, -0.2) is 56.0 Å². The third-order valence-corrected chi connectivity index (χ3v) is 4.76. The molecule has 4 rings (SSSR count). The van der Waals surface area contributed by atoms with Crippen LogP contribution in [0.1, 0.15) is 5.56 Å². The summed E-state index contributed by atoms with van der Waals surface area (Å²) in [6.45, 7) is 2.93. The van der Waals surface area contributed by atoms with Crippen LogP contribution >= 0.6 is 11.6 Å². The second kappa shape index (κ2) is 11.2. The molecule has 4 aromatic rings. The lowest BCUT2D eigenvalue weighted by Gasteiger charge is -2.07. The van der Waals surface area contributed by atoms with Crippen molar-refractivity contribution in [1.82, 2.24) is 34.7 Å². The summed E-state index contributed by atoms with van der Waals surface area (Å²) in [6, 6.07) is 11.1. The van der Waals surface area contributed by atoms with Gasteiger partial charge in [0, 0.05) is 43.0 Å². The van der Waals surface area contributed by atoms with E-state index in [2.05, 4.69) is 25.3 Å². The zero-order valence-corrected chi connectivity index (χ0v) is 19.2. The number of methoxy groups -OCH3 is 1. The van der Waals surface area contributed by atoms with Crippen molar-refractivity contribution in [2.45, 2.75) is 6.92 Å². The predicted octanol–water partition coefficient (Wildman–Crippen LogP) is 2.16. The zero-order chi connectivity index (χ0) is 23.8. The van der Waals surface area contributed by atoms with E-state index in [0.717, 1.165) is 11.3 Å². The van der Waals surface area contributed by atoms with Gasteiger partial charge in [0.05, 0.1) is 24.7 Å². The fourth-order valence-corrected chi connectivity index (χ4v) is 2.98. The molecule has 0 saturated carbocycles. The van der Waals surface area contributed by atoms with Crippen molar-refractivity contribution in [1.29, 1.82) is 0 Å². The van der Waals surface area contributed by atoms with Crippen LogP contribution in [0.5, 0.6) is 0 Å². The maximum absolute atomic E-state index is 12.4. The van der Waals surface area contributed by atoms with Crippen molar-refractivity contribution < 1.29 is 9.53 Å². The van der Waals surface area contributed by atoms with Crippen molar-refractivity contribution in [2.75, 3.05) is 20.3 Å². The van der Waals surface area contributed by atoms with Crippen LogP contribution in [0.4, 0.5) is 0 Å². The van der Waals surface area contributed by atoms with E-state index in [1.807, 2.05) is 36.5 Å². The molecule has 172 valence electrons. The average Bonchev–Trinajstić information content (AvgIpc) is 3.47. The summed E-state index contributed by atoms with van der Waals surface area (Å²) in [5.74, 6) is 0.547. The monoisotopic (exact) mass is 469 g/mol. The second-order valence-electron chi connectivity index (χ2n) is 6.99. The summed E-state index contributed by atoms with van der Waals surface area (Å²) in [7, 11) is 3.38. The van der Waals surface area contributed by atoms with E-state index >= 15 is 0 Å². The number of ether oxygens (including phenoxy) is 1. The maximum atomic E-state index is 12.4. The maximum Gasteiger partial charge on any atom is 0.274 e. The van der Waals surface area contributed by atoms with E-state index in [9.17, 15) is 9.59 Å². The van der Waals surface area contributed by atoms with Gasteiger partial charge in [-0.25, -0.2) is 4.68 Å². The Kier molecular flexibility index (Phi) is 8.11. The average molecular weight is 470 g/mol. The number of hydrogen-bond acceptors (Lipinski definition) is 6. The first-order valence-corrected chi connectivity index (χ1v) is 10.4.